The molecular formula is C19H23N3O2. The van der Waals surface area contributed by atoms with Gasteiger partial charge in [-0.15, -0.1) is 0 Å². The van der Waals surface area contributed by atoms with Crippen LogP contribution < -0.4 is 5.32 Å². The summed E-state index contributed by atoms with van der Waals surface area (Å²) in [5.41, 5.74) is 1.11. The van der Waals surface area contributed by atoms with Crippen molar-refractivity contribution in [2.45, 2.75) is 37.8 Å². The molecule has 1 amide bonds. The second-order valence-electron chi connectivity index (χ2n) is 6.84. The molecule has 3 heterocycles. The molecule has 4 rings (SSSR count). The van der Waals surface area contributed by atoms with Gasteiger partial charge in [-0.3, -0.25) is 14.7 Å². The molecule has 5 nitrogen and oxygen atoms in total. The first-order valence-corrected chi connectivity index (χ1v) is 8.75. The summed E-state index contributed by atoms with van der Waals surface area (Å²) >= 11 is 0. The molecule has 2 atom stereocenters. The highest BCUT2D eigenvalue weighted by Crippen LogP contribution is 2.47. The Hall–Kier alpha value is -2.14. The summed E-state index contributed by atoms with van der Waals surface area (Å²) in [4.78, 5) is 19.2. The molecule has 2 fully saturated rings. The number of rotatable bonds is 5. The molecule has 24 heavy (non-hydrogen) atoms. The van der Waals surface area contributed by atoms with Gasteiger partial charge in [0.25, 0.3) is 0 Å². The van der Waals surface area contributed by atoms with E-state index >= 15 is 0 Å². The minimum atomic E-state index is 0.0997. The largest absolute Gasteiger partial charge is 0.469 e. The van der Waals surface area contributed by atoms with E-state index in [0.29, 0.717) is 6.04 Å². The molecule has 2 aromatic rings. The maximum Gasteiger partial charge on any atom is 0.224 e. The summed E-state index contributed by atoms with van der Waals surface area (Å²) in [7, 11) is 0. The lowest BCUT2D eigenvalue weighted by Gasteiger charge is -2.32. The number of hydrogen-bond acceptors (Lipinski definition) is 4. The fourth-order valence-electron chi connectivity index (χ4n) is 3.57. The van der Waals surface area contributed by atoms with Crippen molar-refractivity contribution in [2.24, 2.45) is 5.92 Å². The molecule has 1 saturated carbocycles. The van der Waals surface area contributed by atoms with E-state index in [-0.39, 0.29) is 17.7 Å². The lowest BCUT2D eigenvalue weighted by molar-refractivity contribution is -0.123. The zero-order chi connectivity index (χ0) is 16.4. The molecule has 1 N–H and O–H groups in total. The fraction of sp³-hybridized carbons (Fsp3) is 0.474. The summed E-state index contributed by atoms with van der Waals surface area (Å²) in [5, 5.41) is 3.23. The lowest BCUT2D eigenvalue weighted by atomic mass is 10.0. The van der Waals surface area contributed by atoms with Crippen LogP contribution in [0.25, 0.3) is 0 Å². The Bertz CT molecular complexity index is 663. The molecule has 2 unspecified atom stereocenters. The normalized spacial score (nSPS) is 24.7. The molecule has 0 bridgehead atoms. The topological polar surface area (TPSA) is 58.4 Å². The van der Waals surface area contributed by atoms with Crippen molar-refractivity contribution < 1.29 is 9.21 Å². The Morgan fingerprint density at radius 3 is 2.83 bits per heavy atom. The van der Waals surface area contributed by atoms with E-state index in [9.17, 15) is 4.79 Å². The molecule has 1 aliphatic heterocycles. The van der Waals surface area contributed by atoms with Gasteiger partial charge in [0, 0.05) is 43.7 Å². The third kappa shape index (κ3) is 3.51. The van der Waals surface area contributed by atoms with E-state index in [2.05, 4.69) is 21.3 Å². The number of aromatic nitrogens is 1. The van der Waals surface area contributed by atoms with Crippen LogP contribution in [0.2, 0.25) is 0 Å². The molecular weight excluding hydrogens is 302 g/mol. The molecule has 2 aromatic heterocycles. The van der Waals surface area contributed by atoms with Gasteiger partial charge in [-0.2, -0.15) is 0 Å². The Balaban J connectivity index is 1.21. The van der Waals surface area contributed by atoms with Crippen molar-refractivity contribution in [1.29, 1.82) is 0 Å². The Morgan fingerprint density at radius 1 is 1.25 bits per heavy atom. The van der Waals surface area contributed by atoms with Crippen LogP contribution in [0, 0.1) is 5.92 Å². The first kappa shape index (κ1) is 15.4. The predicted octanol–water partition coefficient (Wildman–Crippen LogP) is 2.56. The van der Waals surface area contributed by atoms with E-state index < -0.39 is 0 Å². The fourth-order valence-corrected chi connectivity index (χ4v) is 3.57. The zero-order valence-electron chi connectivity index (χ0n) is 13.7. The second-order valence-corrected chi connectivity index (χ2v) is 6.84. The molecule has 1 aliphatic carbocycles. The number of carbonyl (C=O) groups is 1. The average Bonchev–Trinajstić information content (AvgIpc) is 3.23. The molecule has 1 saturated heterocycles. The minimum absolute atomic E-state index is 0.0997. The number of carbonyl (C=O) groups excluding carboxylic acids is 1. The van der Waals surface area contributed by atoms with Crippen LogP contribution in [0.15, 0.2) is 47.2 Å². The standard InChI is InChI=1S/C19H23N3O2/c23-19(17-12-16(17)18-5-3-11-24-18)21-14-6-9-22(10-7-14)13-15-4-1-2-8-20-15/h1-5,8,11,14,16-17H,6-7,9-10,12-13H2,(H,21,23). The average molecular weight is 325 g/mol. The van der Waals surface area contributed by atoms with Crippen molar-refractivity contribution in [3.8, 4) is 0 Å². The molecule has 126 valence electrons. The zero-order valence-corrected chi connectivity index (χ0v) is 13.7. The molecule has 2 aliphatic rings. The van der Waals surface area contributed by atoms with Crippen molar-refractivity contribution in [3.05, 3.63) is 54.2 Å². The van der Waals surface area contributed by atoms with Crippen molar-refractivity contribution in [2.75, 3.05) is 13.1 Å². The van der Waals surface area contributed by atoms with Crippen LogP contribution in [-0.2, 0) is 11.3 Å². The predicted molar refractivity (Wildman–Crippen MR) is 90.2 cm³/mol. The van der Waals surface area contributed by atoms with Gasteiger partial charge in [-0.1, -0.05) is 6.07 Å². The van der Waals surface area contributed by atoms with Gasteiger partial charge in [0.15, 0.2) is 0 Å². The Morgan fingerprint density at radius 2 is 2.12 bits per heavy atom. The third-order valence-corrected chi connectivity index (χ3v) is 5.08. The highest BCUT2D eigenvalue weighted by atomic mass is 16.3. The van der Waals surface area contributed by atoms with Gasteiger partial charge >= 0.3 is 0 Å². The first-order valence-electron chi connectivity index (χ1n) is 8.75. The van der Waals surface area contributed by atoms with Gasteiger partial charge in [0.05, 0.1) is 12.0 Å². The Kier molecular flexibility index (Phi) is 4.34. The number of nitrogens with zero attached hydrogens (tertiary/aromatic N) is 2. The summed E-state index contributed by atoms with van der Waals surface area (Å²) in [6.45, 7) is 2.91. The highest BCUT2D eigenvalue weighted by molar-refractivity contribution is 5.83. The maximum atomic E-state index is 12.4. The number of piperidine rings is 1. The number of amides is 1. The van der Waals surface area contributed by atoms with Gasteiger partial charge in [0.1, 0.15) is 5.76 Å². The highest BCUT2D eigenvalue weighted by Gasteiger charge is 2.46. The van der Waals surface area contributed by atoms with Gasteiger partial charge in [0.2, 0.25) is 5.91 Å². The van der Waals surface area contributed by atoms with E-state index in [1.807, 2.05) is 30.5 Å². The van der Waals surface area contributed by atoms with Crippen LogP contribution in [0.5, 0.6) is 0 Å². The Labute approximate surface area is 142 Å². The quantitative estimate of drug-likeness (QED) is 0.918. The number of likely N-dealkylation sites (tertiary alicyclic amines) is 1. The summed E-state index contributed by atoms with van der Waals surface area (Å²) < 4.78 is 5.41. The van der Waals surface area contributed by atoms with Gasteiger partial charge in [-0.25, -0.2) is 0 Å². The van der Waals surface area contributed by atoms with Crippen LogP contribution in [0.4, 0.5) is 0 Å². The molecule has 0 spiro atoms. The van der Waals surface area contributed by atoms with Crippen LogP contribution in [0.1, 0.15) is 36.6 Å². The third-order valence-electron chi connectivity index (χ3n) is 5.08. The first-order chi connectivity index (χ1) is 11.8. The monoisotopic (exact) mass is 325 g/mol. The molecule has 0 radical (unpaired) electrons. The number of hydrogen-bond donors (Lipinski definition) is 1. The number of furan rings is 1. The van der Waals surface area contributed by atoms with E-state index in [1.54, 1.807) is 6.26 Å². The van der Waals surface area contributed by atoms with E-state index in [0.717, 1.165) is 50.4 Å². The SMILES string of the molecule is O=C(NC1CCN(Cc2ccccn2)CC1)C1CC1c1ccco1. The van der Waals surface area contributed by atoms with Crippen molar-refractivity contribution in [1.82, 2.24) is 15.2 Å². The summed E-state index contributed by atoms with van der Waals surface area (Å²) in [5.74, 6) is 1.52. The molecule has 0 aromatic carbocycles. The maximum absolute atomic E-state index is 12.4. The summed E-state index contributed by atoms with van der Waals surface area (Å²) in [6.07, 6.45) is 6.46. The lowest BCUT2D eigenvalue weighted by Crippen LogP contribution is -2.45. The summed E-state index contributed by atoms with van der Waals surface area (Å²) in [6, 6.07) is 10.2. The number of pyridine rings is 1. The van der Waals surface area contributed by atoms with Gasteiger partial charge in [-0.05, 0) is 43.5 Å². The van der Waals surface area contributed by atoms with E-state index in [4.69, 9.17) is 4.42 Å². The van der Waals surface area contributed by atoms with Crippen molar-refractivity contribution >= 4 is 5.91 Å². The smallest absolute Gasteiger partial charge is 0.224 e. The minimum Gasteiger partial charge on any atom is -0.469 e. The van der Waals surface area contributed by atoms with E-state index in [1.165, 1.54) is 0 Å². The van der Waals surface area contributed by atoms with Crippen molar-refractivity contribution in [3.63, 3.8) is 0 Å². The van der Waals surface area contributed by atoms with Crippen LogP contribution >= 0.6 is 0 Å². The van der Waals surface area contributed by atoms with Crippen LogP contribution in [-0.4, -0.2) is 34.9 Å². The van der Waals surface area contributed by atoms with Gasteiger partial charge < -0.3 is 9.73 Å². The second kappa shape index (κ2) is 6.77. The molecule has 5 heteroatoms. The van der Waals surface area contributed by atoms with Crippen LogP contribution in [0.3, 0.4) is 0 Å². The number of nitrogens with one attached hydrogen (secondary N) is 1.